The summed E-state index contributed by atoms with van der Waals surface area (Å²) in [4.78, 5) is 3.44. The summed E-state index contributed by atoms with van der Waals surface area (Å²) in [6, 6.07) is 2.56. The molecule has 0 unspecified atom stereocenters. The van der Waals surface area contributed by atoms with Crippen molar-refractivity contribution in [2.75, 3.05) is 0 Å². The second-order valence-electron chi connectivity index (χ2n) is 5.46. The molecule has 96 valence electrons. The maximum absolute atomic E-state index is 12.3. The van der Waals surface area contributed by atoms with E-state index in [2.05, 4.69) is 25.8 Å². The van der Waals surface area contributed by atoms with Crippen molar-refractivity contribution in [2.24, 2.45) is 5.41 Å². The molecule has 0 atom stereocenters. The first-order chi connectivity index (χ1) is 7.68. The molecule has 0 N–H and O–H groups in total. The molecule has 1 nitrogen and oxygen atoms in total. The van der Waals surface area contributed by atoms with Crippen molar-refractivity contribution in [3.05, 3.63) is 29.6 Å². The number of aryl methyl sites for hydroxylation is 1. The third-order valence-electron chi connectivity index (χ3n) is 2.51. The minimum Gasteiger partial charge on any atom is -0.252 e. The van der Waals surface area contributed by atoms with Gasteiger partial charge in [0.2, 0.25) is 0 Å². The molecule has 1 aromatic rings. The number of aromatic nitrogens is 1. The summed E-state index contributed by atoms with van der Waals surface area (Å²) in [5.41, 5.74) is 0.304. The van der Waals surface area contributed by atoms with Gasteiger partial charge < -0.3 is 0 Å². The summed E-state index contributed by atoms with van der Waals surface area (Å²) in [6.45, 7) is 6.45. The fraction of sp³-hybridized carbons (Fsp3) is 0.615. The summed E-state index contributed by atoms with van der Waals surface area (Å²) >= 11 is 0. The summed E-state index contributed by atoms with van der Waals surface area (Å²) in [6.07, 6.45) is -0.220. The quantitative estimate of drug-likeness (QED) is 0.765. The highest BCUT2D eigenvalue weighted by Crippen LogP contribution is 2.27. The Morgan fingerprint density at radius 3 is 2.18 bits per heavy atom. The van der Waals surface area contributed by atoms with Gasteiger partial charge in [0, 0.05) is 6.20 Å². The van der Waals surface area contributed by atoms with Crippen molar-refractivity contribution in [1.82, 2.24) is 4.98 Å². The van der Waals surface area contributed by atoms with Crippen molar-refractivity contribution in [1.29, 1.82) is 0 Å². The molecule has 0 spiro atoms. The monoisotopic (exact) mass is 245 g/mol. The smallest absolute Gasteiger partial charge is 0.252 e. The first-order valence-corrected chi connectivity index (χ1v) is 5.71. The Hall–Kier alpha value is -1.06. The van der Waals surface area contributed by atoms with Crippen LogP contribution in [0.1, 0.15) is 44.9 Å². The molecule has 0 saturated heterocycles. The predicted octanol–water partition coefficient (Wildman–Crippen LogP) is 4.47. The van der Waals surface area contributed by atoms with E-state index >= 15 is 0 Å². The summed E-state index contributed by atoms with van der Waals surface area (Å²) in [5.74, 6) is 0. The van der Waals surface area contributed by atoms with Crippen LogP contribution in [0.5, 0.6) is 0 Å². The van der Waals surface area contributed by atoms with Gasteiger partial charge >= 0.3 is 6.18 Å². The molecular weight excluding hydrogens is 227 g/mol. The second kappa shape index (κ2) is 5.07. The van der Waals surface area contributed by atoms with Crippen molar-refractivity contribution in [3.63, 3.8) is 0 Å². The number of halogens is 3. The second-order valence-corrected chi connectivity index (χ2v) is 5.46. The van der Waals surface area contributed by atoms with Crippen molar-refractivity contribution in [3.8, 4) is 0 Å². The van der Waals surface area contributed by atoms with Crippen LogP contribution < -0.4 is 0 Å². The fourth-order valence-corrected chi connectivity index (χ4v) is 1.56. The van der Waals surface area contributed by atoms with E-state index in [9.17, 15) is 13.2 Å². The molecule has 0 saturated carbocycles. The normalized spacial score (nSPS) is 12.8. The summed E-state index contributed by atoms with van der Waals surface area (Å²) in [5, 5.41) is 0. The highest BCUT2D eigenvalue weighted by molar-refractivity contribution is 5.16. The van der Waals surface area contributed by atoms with Crippen LogP contribution in [-0.2, 0) is 12.6 Å². The highest BCUT2D eigenvalue weighted by atomic mass is 19.4. The lowest BCUT2D eigenvalue weighted by Gasteiger charge is -2.17. The average molecular weight is 245 g/mol. The largest absolute Gasteiger partial charge is 0.433 e. The van der Waals surface area contributed by atoms with Gasteiger partial charge in [-0.05, 0) is 36.3 Å². The number of nitrogens with zero attached hydrogens (tertiary/aromatic N) is 1. The van der Waals surface area contributed by atoms with Gasteiger partial charge in [-0.15, -0.1) is 0 Å². The molecule has 0 aliphatic rings. The average Bonchev–Trinajstić information content (AvgIpc) is 2.15. The van der Waals surface area contributed by atoms with E-state index in [1.54, 1.807) is 0 Å². The molecule has 0 aliphatic carbocycles. The molecule has 0 bridgehead atoms. The van der Waals surface area contributed by atoms with Gasteiger partial charge in [0.25, 0.3) is 0 Å². The number of alkyl halides is 3. The molecule has 0 radical (unpaired) electrons. The zero-order valence-electron chi connectivity index (χ0n) is 10.4. The molecule has 1 aromatic heterocycles. The minimum absolute atomic E-state index is 0.263. The SMILES string of the molecule is CC(C)(C)CCCc1ccc(C(F)(F)F)nc1. The van der Waals surface area contributed by atoms with Gasteiger partial charge in [-0.3, -0.25) is 4.98 Å². The van der Waals surface area contributed by atoms with Gasteiger partial charge in [0.05, 0.1) is 0 Å². The van der Waals surface area contributed by atoms with Crippen LogP contribution in [0, 0.1) is 5.41 Å². The van der Waals surface area contributed by atoms with E-state index in [4.69, 9.17) is 0 Å². The van der Waals surface area contributed by atoms with E-state index < -0.39 is 11.9 Å². The lowest BCUT2D eigenvalue weighted by Crippen LogP contribution is -2.08. The van der Waals surface area contributed by atoms with Crippen LogP contribution >= 0.6 is 0 Å². The van der Waals surface area contributed by atoms with E-state index in [1.165, 1.54) is 12.3 Å². The molecule has 0 aliphatic heterocycles. The molecule has 0 aromatic carbocycles. The van der Waals surface area contributed by atoms with E-state index in [1.807, 2.05) is 0 Å². The van der Waals surface area contributed by atoms with Crippen LogP contribution in [0.4, 0.5) is 13.2 Å². The van der Waals surface area contributed by atoms with Crippen LogP contribution in [0.15, 0.2) is 18.3 Å². The van der Waals surface area contributed by atoms with Gasteiger partial charge in [0.1, 0.15) is 5.69 Å². The first-order valence-electron chi connectivity index (χ1n) is 5.71. The van der Waals surface area contributed by atoms with Crippen molar-refractivity contribution >= 4 is 0 Å². The van der Waals surface area contributed by atoms with Crippen LogP contribution in [0.3, 0.4) is 0 Å². The maximum Gasteiger partial charge on any atom is 0.433 e. The van der Waals surface area contributed by atoms with Crippen molar-refractivity contribution < 1.29 is 13.2 Å². The minimum atomic E-state index is -4.34. The fourth-order valence-electron chi connectivity index (χ4n) is 1.56. The molecular formula is C13H18F3N. The Balaban J connectivity index is 2.52. The standard InChI is InChI=1S/C13H18F3N/c1-12(2,3)8-4-5-10-6-7-11(17-9-10)13(14,15)16/h6-7,9H,4-5,8H2,1-3H3. The lowest BCUT2D eigenvalue weighted by atomic mass is 9.89. The zero-order valence-corrected chi connectivity index (χ0v) is 10.4. The molecule has 17 heavy (non-hydrogen) atoms. The van der Waals surface area contributed by atoms with E-state index in [-0.39, 0.29) is 5.41 Å². The summed E-state index contributed by atoms with van der Waals surface area (Å²) < 4.78 is 36.8. The zero-order chi connectivity index (χ0) is 13.1. The number of hydrogen-bond donors (Lipinski definition) is 0. The van der Waals surface area contributed by atoms with Gasteiger partial charge in [-0.2, -0.15) is 13.2 Å². The Morgan fingerprint density at radius 2 is 1.76 bits per heavy atom. The van der Waals surface area contributed by atoms with Gasteiger partial charge in [0.15, 0.2) is 0 Å². The van der Waals surface area contributed by atoms with Crippen LogP contribution in [0.2, 0.25) is 0 Å². The lowest BCUT2D eigenvalue weighted by molar-refractivity contribution is -0.141. The third-order valence-corrected chi connectivity index (χ3v) is 2.51. The van der Waals surface area contributed by atoms with Crippen LogP contribution in [-0.4, -0.2) is 4.98 Å². The topological polar surface area (TPSA) is 12.9 Å². The maximum atomic E-state index is 12.3. The number of rotatable bonds is 3. The molecule has 4 heteroatoms. The third kappa shape index (κ3) is 5.20. The predicted molar refractivity (Wildman–Crippen MR) is 61.6 cm³/mol. The van der Waals surface area contributed by atoms with Gasteiger partial charge in [-0.1, -0.05) is 26.8 Å². The molecule has 0 amide bonds. The van der Waals surface area contributed by atoms with Crippen molar-refractivity contribution in [2.45, 2.75) is 46.2 Å². The van der Waals surface area contributed by atoms with E-state index in [0.717, 1.165) is 30.9 Å². The molecule has 1 heterocycles. The molecule has 0 fully saturated rings. The van der Waals surface area contributed by atoms with Gasteiger partial charge in [-0.25, -0.2) is 0 Å². The Bertz CT molecular complexity index is 346. The Kier molecular flexibility index (Phi) is 4.17. The van der Waals surface area contributed by atoms with E-state index in [0.29, 0.717) is 0 Å². The summed E-state index contributed by atoms with van der Waals surface area (Å²) in [7, 11) is 0. The first kappa shape index (κ1) is 14.0. The Labute approximate surface area is 100 Å². The Morgan fingerprint density at radius 1 is 1.12 bits per heavy atom. The number of hydrogen-bond acceptors (Lipinski definition) is 1. The number of pyridine rings is 1. The van der Waals surface area contributed by atoms with Crippen LogP contribution in [0.25, 0.3) is 0 Å². The highest BCUT2D eigenvalue weighted by Gasteiger charge is 2.31. The molecule has 1 rings (SSSR count).